The SMILES string of the molecule is COc1ccc(C(=O)NC(C(=O)NCCCCN)C(C)C)cc1.Cl. The first kappa shape index (κ1) is 22.2. The molecule has 0 heterocycles. The largest absolute Gasteiger partial charge is 0.497 e. The minimum Gasteiger partial charge on any atom is -0.497 e. The number of nitrogens with two attached hydrogens (primary N) is 1. The van der Waals surface area contributed by atoms with Gasteiger partial charge in [-0.25, -0.2) is 0 Å². The Morgan fingerprint density at radius 1 is 1.17 bits per heavy atom. The van der Waals surface area contributed by atoms with Crippen LogP contribution in [0, 0.1) is 5.92 Å². The second-order valence-corrected chi connectivity index (χ2v) is 5.71. The van der Waals surface area contributed by atoms with Gasteiger partial charge in [-0.3, -0.25) is 9.59 Å². The number of unbranched alkanes of at least 4 members (excludes halogenated alkanes) is 1. The normalized spacial score (nSPS) is 11.4. The zero-order chi connectivity index (χ0) is 17.2. The fraction of sp³-hybridized carbons (Fsp3) is 0.529. The smallest absolute Gasteiger partial charge is 0.251 e. The summed E-state index contributed by atoms with van der Waals surface area (Å²) < 4.78 is 5.07. The van der Waals surface area contributed by atoms with Crippen LogP contribution in [0.2, 0.25) is 0 Å². The van der Waals surface area contributed by atoms with Crippen LogP contribution >= 0.6 is 12.4 Å². The van der Waals surface area contributed by atoms with Gasteiger partial charge in [-0.2, -0.15) is 0 Å². The van der Waals surface area contributed by atoms with E-state index in [4.69, 9.17) is 10.5 Å². The van der Waals surface area contributed by atoms with E-state index in [2.05, 4.69) is 10.6 Å². The molecule has 0 aromatic heterocycles. The Morgan fingerprint density at radius 3 is 2.29 bits per heavy atom. The summed E-state index contributed by atoms with van der Waals surface area (Å²) in [5.74, 6) is 0.230. The van der Waals surface area contributed by atoms with Gasteiger partial charge in [0.05, 0.1) is 7.11 Å². The molecule has 0 radical (unpaired) electrons. The Morgan fingerprint density at radius 2 is 1.79 bits per heavy atom. The molecule has 0 aliphatic heterocycles. The van der Waals surface area contributed by atoms with Gasteiger partial charge in [0.1, 0.15) is 11.8 Å². The van der Waals surface area contributed by atoms with E-state index in [1.165, 1.54) is 0 Å². The molecule has 0 saturated heterocycles. The van der Waals surface area contributed by atoms with Crippen LogP contribution in [-0.2, 0) is 4.79 Å². The van der Waals surface area contributed by atoms with Crippen LogP contribution in [0.4, 0.5) is 0 Å². The summed E-state index contributed by atoms with van der Waals surface area (Å²) >= 11 is 0. The maximum absolute atomic E-state index is 12.3. The zero-order valence-electron chi connectivity index (χ0n) is 14.5. The molecule has 4 N–H and O–H groups in total. The molecule has 0 aliphatic rings. The minimum absolute atomic E-state index is 0. The molecular weight excluding hydrogens is 330 g/mol. The van der Waals surface area contributed by atoms with Crippen LogP contribution in [-0.4, -0.2) is 38.1 Å². The van der Waals surface area contributed by atoms with Crippen molar-refractivity contribution in [3.05, 3.63) is 29.8 Å². The first-order valence-corrected chi connectivity index (χ1v) is 7.92. The van der Waals surface area contributed by atoms with Gasteiger partial charge in [-0.15, -0.1) is 12.4 Å². The number of halogens is 1. The third-order valence-corrected chi connectivity index (χ3v) is 3.52. The molecule has 24 heavy (non-hydrogen) atoms. The molecule has 1 aromatic rings. The van der Waals surface area contributed by atoms with E-state index in [9.17, 15) is 9.59 Å². The van der Waals surface area contributed by atoms with Gasteiger partial charge in [-0.1, -0.05) is 13.8 Å². The van der Waals surface area contributed by atoms with Crippen LogP contribution in [0.3, 0.4) is 0 Å². The Labute approximate surface area is 149 Å². The second-order valence-electron chi connectivity index (χ2n) is 5.71. The summed E-state index contributed by atoms with van der Waals surface area (Å²) in [5, 5.41) is 5.64. The zero-order valence-corrected chi connectivity index (χ0v) is 15.3. The summed E-state index contributed by atoms with van der Waals surface area (Å²) in [4.78, 5) is 24.5. The van der Waals surface area contributed by atoms with Crippen LogP contribution in [0.25, 0.3) is 0 Å². The topological polar surface area (TPSA) is 93.4 Å². The molecule has 6 nitrogen and oxygen atoms in total. The van der Waals surface area contributed by atoms with E-state index in [0.29, 0.717) is 24.4 Å². The molecule has 136 valence electrons. The number of nitrogens with one attached hydrogen (secondary N) is 2. The van der Waals surface area contributed by atoms with E-state index >= 15 is 0 Å². The summed E-state index contributed by atoms with van der Waals surface area (Å²) in [5.41, 5.74) is 5.92. The fourth-order valence-corrected chi connectivity index (χ4v) is 2.09. The number of carbonyl (C=O) groups excluding carboxylic acids is 2. The van der Waals surface area contributed by atoms with Crippen molar-refractivity contribution in [3.63, 3.8) is 0 Å². The predicted molar refractivity (Wildman–Crippen MR) is 97.6 cm³/mol. The molecule has 7 heteroatoms. The van der Waals surface area contributed by atoms with Gasteiger partial charge in [0.15, 0.2) is 0 Å². The first-order chi connectivity index (χ1) is 11.0. The number of rotatable bonds is 9. The lowest BCUT2D eigenvalue weighted by Gasteiger charge is -2.21. The van der Waals surface area contributed by atoms with Gasteiger partial charge in [0, 0.05) is 12.1 Å². The van der Waals surface area contributed by atoms with Crippen LogP contribution < -0.4 is 21.1 Å². The molecule has 1 rings (SSSR count). The van der Waals surface area contributed by atoms with Crippen LogP contribution in [0.1, 0.15) is 37.0 Å². The molecule has 1 unspecified atom stereocenters. The average molecular weight is 358 g/mol. The third kappa shape index (κ3) is 7.19. The first-order valence-electron chi connectivity index (χ1n) is 7.92. The quantitative estimate of drug-likeness (QED) is 0.587. The van der Waals surface area contributed by atoms with E-state index in [1.807, 2.05) is 13.8 Å². The van der Waals surface area contributed by atoms with Crippen molar-refractivity contribution in [2.24, 2.45) is 11.7 Å². The second kappa shape index (κ2) is 11.7. The highest BCUT2D eigenvalue weighted by atomic mass is 35.5. The number of benzene rings is 1. The molecule has 0 spiro atoms. The van der Waals surface area contributed by atoms with E-state index < -0.39 is 6.04 Å². The van der Waals surface area contributed by atoms with Gasteiger partial charge in [0.2, 0.25) is 5.91 Å². The van der Waals surface area contributed by atoms with Crippen molar-refractivity contribution in [2.45, 2.75) is 32.7 Å². The average Bonchev–Trinajstić information content (AvgIpc) is 2.56. The van der Waals surface area contributed by atoms with Crippen LogP contribution in [0.15, 0.2) is 24.3 Å². The number of amides is 2. The van der Waals surface area contributed by atoms with E-state index in [0.717, 1.165) is 12.8 Å². The summed E-state index contributed by atoms with van der Waals surface area (Å²) in [7, 11) is 1.57. The number of hydrogen-bond acceptors (Lipinski definition) is 4. The van der Waals surface area contributed by atoms with Crippen molar-refractivity contribution < 1.29 is 14.3 Å². The van der Waals surface area contributed by atoms with Crippen molar-refractivity contribution in [3.8, 4) is 5.75 Å². The molecule has 0 saturated carbocycles. The van der Waals surface area contributed by atoms with Crippen molar-refractivity contribution in [2.75, 3.05) is 20.2 Å². The highest BCUT2D eigenvalue weighted by Crippen LogP contribution is 2.12. The van der Waals surface area contributed by atoms with Gasteiger partial charge < -0.3 is 21.1 Å². The monoisotopic (exact) mass is 357 g/mol. The highest BCUT2D eigenvalue weighted by molar-refractivity contribution is 5.97. The van der Waals surface area contributed by atoms with Crippen molar-refractivity contribution >= 4 is 24.2 Å². The number of ether oxygens (including phenoxy) is 1. The van der Waals surface area contributed by atoms with Crippen molar-refractivity contribution in [1.29, 1.82) is 0 Å². The summed E-state index contributed by atoms with van der Waals surface area (Å²) in [6, 6.07) is 6.20. The Bertz CT molecular complexity index is 506. The lowest BCUT2D eigenvalue weighted by molar-refractivity contribution is -0.123. The highest BCUT2D eigenvalue weighted by Gasteiger charge is 2.24. The summed E-state index contributed by atoms with van der Waals surface area (Å²) in [6.07, 6.45) is 1.70. The van der Waals surface area contributed by atoms with Crippen LogP contribution in [0.5, 0.6) is 5.75 Å². The Hall–Kier alpha value is -1.79. The predicted octanol–water partition coefficient (Wildman–Crippen LogP) is 1.73. The molecule has 1 aromatic carbocycles. The van der Waals surface area contributed by atoms with Gasteiger partial charge in [-0.05, 0) is 49.6 Å². The van der Waals surface area contributed by atoms with Gasteiger partial charge >= 0.3 is 0 Å². The van der Waals surface area contributed by atoms with E-state index in [-0.39, 0.29) is 30.1 Å². The Balaban J connectivity index is 0.00000529. The summed E-state index contributed by atoms with van der Waals surface area (Å²) in [6.45, 7) is 4.98. The lowest BCUT2D eigenvalue weighted by Crippen LogP contribution is -2.49. The maximum atomic E-state index is 12.3. The number of methoxy groups -OCH3 is 1. The molecule has 0 bridgehead atoms. The third-order valence-electron chi connectivity index (χ3n) is 3.52. The molecule has 2 amide bonds. The fourth-order valence-electron chi connectivity index (χ4n) is 2.09. The van der Waals surface area contributed by atoms with E-state index in [1.54, 1.807) is 31.4 Å². The maximum Gasteiger partial charge on any atom is 0.251 e. The Kier molecular flexibility index (Phi) is 10.8. The van der Waals surface area contributed by atoms with Crippen molar-refractivity contribution in [1.82, 2.24) is 10.6 Å². The molecule has 0 fully saturated rings. The van der Waals surface area contributed by atoms with Gasteiger partial charge in [0.25, 0.3) is 5.91 Å². The number of hydrogen-bond donors (Lipinski definition) is 3. The number of carbonyl (C=O) groups is 2. The standard InChI is InChI=1S/C17H27N3O3.ClH/c1-12(2)15(17(22)19-11-5-4-10-18)20-16(21)13-6-8-14(23-3)9-7-13;/h6-9,12,15H,4-5,10-11,18H2,1-3H3,(H,19,22)(H,20,21);1H. The molecular formula is C17H28ClN3O3. The molecule has 1 atom stereocenters. The lowest BCUT2D eigenvalue weighted by atomic mass is 10.0. The molecule has 0 aliphatic carbocycles. The minimum atomic E-state index is -0.567.